The Balaban J connectivity index is 2.24. The van der Waals surface area contributed by atoms with Crippen molar-refractivity contribution in [3.63, 3.8) is 0 Å². The van der Waals surface area contributed by atoms with Crippen molar-refractivity contribution in [2.24, 2.45) is 0 Å². The standard InChI is InChI=1S/C18H24BrNO4/c1-2-3-4-15(16(21)22)20-17(23)18(9-11-24-12-10-18)13-5-7-14(19)8-6-13/h5-8,15H,2-4,9-12H2,1H3,(H,20,23)(H,21,22). The summed E-state index contributed by atoms with van der Waals surface area (Å²) in [6.45, 7) is 2.99. The van der Waals surface area contributed by atoms with Crippen LogP contribution in [-0.2, 0) is 19.7 Å². The van der Waals surface area contributed by atoms with Gasteiger partial charge in [0.25, 0.3) is 0 Å². The Morgan fingerprint density at radius 2 is 1.92 bits per heavy atom. The van der Waals surface area contributed by atoms with Gasteiger partial charge in [0, 0.05) is 17.7 Å². The lowest BCUT2D eigenvalue weighted by atomic mass is 9.73. The largest absolute Gasteiger partial charge is 0.480 e. The van der Waals surface area contributed by atoms with Gasteiger partial charge in [0.05, 0.1) is 5.41 Å². The van der Waals surface area contributed by atoms with Gasteiger partial charge >= 0.3 is 5.97 Å². The average Bonchev–Trinajstić information content (AvgIpc) is 2.59. The van der Waals surface area contributed by atoms with Gasteiger partial charge in [-0.1, -0.05) is 47.8 Å². The molecule has 132 valence electrons. The van der Waals surface area contributed by atoms with Gasteiger partial charge < -0.3 is 15.2 Å². The molecule has 1 fully saturated rings. The zero-order valence-corrected chi connectivity index (χ0v) is 15.5. The van der Waals surface area contributed by atoms with Crippen molar-refractivity contribution in [3.05, 3.63) is 34.3 Å². The predicted octanol–water partition coefficient (Wildman–Crippen LogP) is 3.26. The van der Waals surface area contributed by atoms with Crippen LogP contribution in [0.1, 0.15) is 44.6 Å². The molecule has 0 saturated carbocycles. The van der Waals surface area contributed by atoms with Crippen molar-refractivity contribution in [2.45, 2.75) is 50.5 Å². The molecule has 1 amide bonds. The lowest BCUT2D eigenvalue weighted by Crippen LogP contribution is -2.52. The fourth-order valence-corrected chi connectivity index (χ4v) is 3.36. The summed E-state index contributed by atoms with van der Waals surface area (Å²) < 4.78 is 6.38. The van der Waals surface area contributed by atoms with Gasteiger partial charge in [-0.2, -0.15) is 0 Å². The van der Waals surface area contributed by atoms with Crippen LogP contribution in [-0.4, -0.2) is 36.2 Å². The normalized spacial score (nSPS) is 17.9. The Labute approximate surface area is 150 Å². The third kappa shape index (κ3) is 4.36. The molecule has 24 heavy (non-hydrogen) atoms. The molecule has 6 heteroatoms. The molecule has 0 aliphatic carbocycles. The topological polar surface area (TPSA) is 75.6 Å². The quantitative estimate of drug-likeness (QED) is 0.740. The minimum absolute atomic E-state index is 0.211. The zero-order valence-electron chi connectivity index (χ0n) is 13.9. The van der Waals surface area contributed by atoms with E-state index in [1.165, 1.54) is 0 Å². The third-order valence-corrected chi connectivity index (χ3v) is 5.16. The van der Waals surface area contributed by atoms with Crippen LogP contribution in [0.2, 0.25) is 0 Å². The fraction of sp³-hybridized carbons (Fsp3) is 0.556. The summed E-state index contributed by atoms with van der Waals surface area (Å²) in [7, 11) is 0. The number of carboxylic acids is 1. The highest BCUT2D eigenvalue weighted by Gasteiger charge is 2.42. The molecule has 2 rings (SSSR count). The van der Waals surface area contributed by atoms with Crippen LogP contribution < -0.4 is 5.32 Å². The molecule has 0 spiro atoms. The summed E-state index contributed by atoms with van der Waals surface area (Å²) in [6.07, 6.45) is 3.22. The van der Waals surface area contributed by atoms with Crippen molar-refractivity contribution >= 4 is 27.8 Å². The first-order chi connectivity index (χ1) is 11.5. The molecule has 0 bridgehead atoms. The molecule has 1 aromatic carbocycles. The number of ether oxygens (including phenoxy) is 1. The second kappa shape index (κ2) is 8.62. The first-order valence-electron chi connectivity index (χ1n) is 8.37. The van der Waals surface area contributed by atoms with Crippen LogP contribution in [0.15, 0.2) is 28.7 Å². The first-order valence-corrected chi connectivity index (χ1v) is 9.16. The number of nitrogens with one attached hydrogen (secondary N) is 1. The molecule has 1 aromatic rings. The average molecular weight is 398 g/mol. The molecular formula is C18H24BrNO4. The minimum atomic E-state index is -0.977. The van der Waals surface area contributed by atoms with Crippen LogP contribution in [0.25, 0.3) is 0 Å². The number of aliphatic carboxylic acids is 1. The fourth-order valence-electron chi connectivity index (χ4n) is 3.10. The molecular weight excluding hydrogens is 374 g/mol. The van der Waals surface area contributed by atoms with E-state index in [9.17, 15) is 14.7 Å². The number of unbranched alkanes of at least 4 members (excludes halogenated alkanes) is 1. The van der Waals surface area contributed by atoms with Crippen LogP contribution in [0.4, 0.5) is 0 Å². The molecule has 1 saturated heterocycles. The number of carbonyl (C=O) groups excluding carboxylic acids is 1. The van der Waals surface area contributed by atoms with Gasteiger partial charge in [-0.25, -0.2) is 4.79 Å². The Bertz CT molecular complexity index is 567. The van der Waals surface area contributed by atoms with Crippen LogP contribution >= 0.6 is 15.9 Å². The Morgan fingerprint density at radius 1 is 1.29 bits per heavy atom. The molecule has 1 heterocycles. The second-order valence-electron chi connectivity index (χ2n) is 6.21. The van der Waals surface area contributed by atoms with E-state index in [-0.39, 0.29) is 5.91 Å². The number of rotatable bonds is 7. The zero-order chi connectivity index (χ0) is 17.6. The Morgan fingerprint density at radius 3 is 2.46 bits per heavy atom. The van der Waals surface area contributed by atoms with Gasteiger partial charge in [-0.05, 0) is 37.0 Å². The number of carboxylic acid groups (broad SMARTS) is 1. The van der Waals surface area contributed by atoms with E-state index in [0.717, 1.165) is 22.9 Å². The summed E-state index contributed by atoms with van der Waals surface area (Å²) in [5, 5.41) is 12.2. The number of hydrogen-bond acceptors (Lipinski definition) is 3. The summed E-state index contributed by atoms with van der Waals surface area (Å²) in [5.74, 6) is -1.19. The summed E-state index contributed by atoms with van der Waals surface area (Å²) in [5.41, 5.74) is 0.185. The third-order valence-electron chi connectivity index (χ3n) is 4.63. The van der Waals surface area contributed by atoms with Crippen molar-refractivity contribution in [2.75, 3.05) is 13.2 Å². The molecule has 5 nitrogen and oxygen atoms in total. The van der Waals surface area contributed by atoms with E-state index < -0.39 is 17.4 Å². The molecule has 2 N–H and O–H groups in total. The van der Waals surface area contributed by atoms with E-state index in [0.29, 0.717) is 32.5 Å². The van der Waals surface area contributed by atoms with Gasteiger partial charge in [0.2, 0.25) is 5.91 Å². The van der Waals surface area contributed by atoms with Crippen LogP contribution in [0.5, 0.6) is 0 Å². The minimum Gasteiger partial charge on any atom is -0.480 e. The number of benzene rings is 1. The van der Waals surface area contributed by atoms with Gasteiger partial charge in [-0.15, -0.1) is 0 Å². The maximum absolute atomic E-state index is 13.0. The Hall–Kier alpha value is -1.40. The van der Waals surface area contributed by atoms with Crippen molar-refractivity contribution in [1.29, 1.82) is 0 Å². The lowest BCUT2D eigenvalue weighted by molar-refractivity contribution is -0.144. The number of amides is 1. The van der Waals surface area contributed by atoms with Crippen LogP contribution in [0, 0.1) is 0 Å². The molecule has 0 aromatic heterocycles. The number of carbonyl (C=O) groups is 2. The molecule has 1 unspecified atom stereocenters. The summed E-state index contributed by atoms with van der Waals surface area (Å²) in [6, 6.07) is 6.83. The highest BCUT2D eigenvalue weighted by molar-refractivity contribution is 9.10. The second-order valence-corrected chi connectivity index (χ2v) is 7.12. The van der Waals surface area contributed by atoms with E-state index in [1.807, 2.05) is 31.2 Å². The predicted molar refractivity (Wildman–Crippen MR) is 95.0 cm³/mol. The van der Waals surface area contributed by atoms with E-state index in [2.05, 4.69) is 21.2 Å². The maximum atomic E-state index is 13.0. The summed E-state index contributed by atoms with van der Waals surface area (Å²) in [4.78, 5) is 24.5. The molecule has 0 radical (unpaired) electrons. The molecule has 1 aliphatic heterocycles. The molecule has 1 aliphatic rings. The van der Waals surface area contributed by atoms with Gasteiger partial charge in [-0.3, -0.25) is 4.79 Å². The van der Waals surface area contributed by atoms with Gasteiger partial charge in [0.15, 0.2) is 0 Å². The maximum Gasteiger partial charge on any atom is 0.326 e. The number of hydrogen-bond donors (Lipinski definition) is 2. The lowest BCUT2D eigenvalue weighted by Gasteiger charge is -2.37. The monoisotopic (exact) mass is 397 g/mol. The van der Waals surface area contributed by atoms with Crippen LogP contribution in [0.3, 0.4) is 0 Å². The highest BCUT2D eigenvalue weighted by atomic mass is 79.9. The smallest absolute Gasteiger partial charge is 0.326 e. The van der Waals surface area contributed by atoms with E-state index in [1.54, 1.807) is 0 Å². The summed E-state index contributed by atoms with van der Waals surface area (Å²) >= 11 is 3.41. The van der Waals surface area contributed by atoms with Crippen molar-refractivity contribution in [1.82, 2.24) is 5.32 Å². The first kappa shape index (κ1) is 18.9. The highest BCUT2D eigenvalue weighted by Crippen LogP contribution is 2.36. The van der Waals surface area contributed by atoms with E-state index >= 15 is 0 Å². The molecule has 1 atom stereocenters. The number of halogens is 1. The van der Waals surface area contributed by atoms with Crippen molar-refractivity contribution in [3.8, 4) is 0 Å². The van der Waals surface area contributed by atoms with Gasteiger partial charge in [0.1, 0.15) is 6.04 Å². The Kier molecular flexibility index (Phi) is 6.80. The van der Waals surface area contributed by atoms with Crippen molar-refractivity contribution < 1.29 is 19.4 Å². The SMILES string of the molecule is CCCCC(NC(=O)C1(c2ccc(Br)cc2)CCOCC1)C(=O)O. The van der Waals surface area contributed by atoms with E-state index in [4.69, 9.17) is 4.74 Å².